The fourth-order valence-corrected chi connectivity index (χ4v) is 7.33. The third-order valence-electron chi connectivity index (χ3n) is 10.6. The molecule has 0 aliphatic carbocycles. The van der Waals surface area contributed by atoms with E-state index in [2.05, 4.69) is 69.6 Å². The van der Waals surface area contributed by atoms with Crippen LogP contribution in [-0.2, 0) is 26.2 Å². The number of hydrogen-bond acceptors (Lipinski definition) is 0. The predicted molar refractivity (Wildman–Crippen MR) is 208 cm³/mol. The molecular formula is C44H84N4+2. The van der Waals surface area contributed by atoms with Gasteiger partial charge in [-0.3, -0.25) is 0 Å². The lowest BCUT2D eigenvalue weighted by atomic mass is 10.0. The van der Waals surface area contributed by atoms with Crippen molar-refractivity contribution in [1.29, 1.82) is 0 Å². The second-order valence-corrected chi connectivity index (χ2v) is 15.4. The number of unbranched alkanes of at least 4 members (excludes halogenated alkanes) is 29. The summed E-state index contributed by atoms with van der Waals surface area (Å²) in [5.41, 5.74) is 0. The maximum atomic E-state index is 2.41. The summed E-state index contributed by atoms with van der Waals surface area (Å²) in [7, 11) is 0. The molecule has 0 aliphatic rings. The summed E-state index contributed by atoms with van der Waals surface area (Å²) in [6.07, 6.45) is 59.0. The Balaban J connectivity index is 1.27. The third kappa shape index (κ3) is 25.4. The van der Waals surface area contributed by atoms with Gasteiger partial charge in [-0.1, -0.05) is 168 Å². The smallest absolute Gasteiger partial charge is 0.237 e. The lowest BCUT2D eigenvalue weighted by Crippen LogP contribution is -2.30. The Hall–Kier alpha value is -1.58. The molecular weight excluding hydrogens is 585 g/mol. The molecule has 0 radical (unpaired) electrons. The van der Waals surface area contributed by atoms with Gasteiger partial charge in [0, 0.05) is 0 Å². The van der Waals surface area contributed by atoms with Crippen LogP contribution in [0.1, 0.15) is 219 Å². The number of hydrogen-bond donors (Lipinski definition) is 0. The highest BCUT2D eigenvalue weighted by Crippen LogP contribution is 2.14. The molecule has 0 saturated carbocycles. The molecule has 4 nitrogen and oxygen atoms in total. The molecule has 0 aliphatic heterocycles. The first-order valence-corrected chi connectivity index (χ1v) is 21.9. The molecule has 48 heavy (non-hydrogen) atoms. The summed E-state index contributed by atoms with van der Waals surface area (Å²) in [5, 5.41) is 0. The summed E-state index contributed by atoms with van der Waals surface area (Å²) in [5.74, 6) is 0. The van der Waals surface area contributed by atoms with Gasteiger partial charge in [0.1, 0.15) is 24.8 Å². The van der Waals surface area contributed by atoms with Crippen LogP contribution in [0.3, 0.4) is 0 Å². The van der Waals surface area contributed by atoms with Crippen LogP contribution in [0.2, 0.25) is 0 Å². The molecule has 0 amide bonds. The van der Waals surface area contributed by atoms with Crippen LogP contribution in [0.5, 0.6) is 0 Å². The average Bonchev–Trinajstić information content (AvgIpc) is 3.76. The molecule has 278 valence electrons. The molecule has 0 fully saturated rings. The van der Waals surface area contributed by atoms with Crippen molar-refractivity contribution >= 4 is 0 Å². The van der Waals surface area contributed by atoms with E-state index in [0.717, 1.165) is 0 Å². The largest absolute Gasteiger partial charge is 0.243 e. The van der Waals surface area contributed by atoms with Crippen LogP contribution in [0, 0.1) is 0 Å². The first kappa shape index (κ1) is 42.6. The SMILES string of the molecule is CCCCCCCCCCC[n+]1ccn(CCCCCCCCCCCCCCCCn2cc[n+](CCCCCCCCCCC)c2)c1. The number of aryl methyl sites for hydroxylation is 4. The maximum absolute atomic E-state index is 2.41. The molecule has 0 bridgehead atoms. The van der Waals surface area contributed by atoms with E-state index >= 15 is 0 Å². The van der Waals surface area contributed by atoms with Crippen molar-refractivity contribution in [3.8, 4) is 0 Å². The lowest BCUT2D eigenvalue weighted by molar-refractivity contribution is -0.697. The van der Waals surface area contributed by atoms with Crippen molar-refractivity contribution in [2.45, 2.75) is 245 Å². The Morgan fingerprint density at radius 3 is 0.854 bits per heavy atom. The zero-order chi connectivity index (χ0) is 34.0. The first-order valence-electron chi connectivity index (χ1n) is 21.9. The van der Waals surface area contributed by atoms with E-state index in [1.54, 1.807) is 0 Å². The third-order valence-corrected chi connectivity index (χ3v) is 10.6. The molecule has 0 unspecified atom stereocenters. The highest BCUT2D eigenvalue weighted by molar-refractivity contribution is 4.67. The molecule has 2 aromatic rings. The molecule has 0 aromatic carbocycles. The van der Waals surface area contributed by atoms with Gasteiger partial charge in [-0.15, -0.1) is 0 Å². The van der Waals surface area contributed by atoms with Gasteiger partial charge in [0.25, 0.3) is 0 Å². The maximum Gasteiger partial charge on any atom is 0.243 e. The molecule has 4 heteroatoms. The Kier molecular flexibility index (Phi) is 28.9. The van der Waals surface area contributed by atoms with E-state index in [1.165, 1.54) is 232 Å². The van der Waals surface area contributed by atoms with Crippen LogP contribution in [-0.4, -0.2) is 9.13 Å². The predicted octanol–water partition coefficient (Wildman–Crippen LogP) is 13.1. The van der Waals surface area contributed by atoms with Gasteiger partial charge >= 0.3 is 0 Å². The summed E-state index contributed by atoms with van der Waals surface area (Å²) in [4.78, 5) is 0. The quantitative estimate of drug-likeness (QED) is 0.0504. The van der Waals surface area contributed by atoms with Gasteiger partial charge in [0.2, 0.25) is 12.7 Å². The molecule has 2 heterocycles. The number of rotatable bonds is 37. The lowest BCUT2D eigenvalue weighted by Gasteiger charge is -2.03. The summed E-state index contributed by atoms with van der Waals surface area (Å²) < 4.78 is 9.62. The molecule has 0 N–H and O–H groups in total. The Morgan fingerprint density at radius 1 is 0.312 bits per heavy atom. The van der Waals surface area contributed by atoms with Crippen molar-refractivity contribution in [3.05, 3.63) is 37.4 Å². The van der Waals surface area contributed by atoms with Gasteiger partial charge in [0.05, 0.1) is 26.2 Å². The van der Waals surface area contributed by atoms with Crippen molar-refractivity contribution in [1.82, 2.24) is 9.13 Å². The molecule has 0 spiro atoms. The Bertz CT molecular complexity index is 840. The van der Waals surface area contributed by atoms with Crippen LogP contribution in [0.4, 0.5) is 0 Å². The van der Waals surface area contributed by atoms with Gasteiger partial charge in [0.15, 0.2) is 0 Å². The zero-order valence-corrected chi connectivity index (χ0v) is 32.7. The molecule has 2 rings (SSSR count). The summed E-state index contributed by atoms with van der Waals surface area (Å²) in [6, 6.07) is 0. The van der Waals surface area contributed by atoms with E-state index in [0.29, 0.717) is 0 Å². The molecule has 0 saturated heterocycles. The second-order valence-electron chi connectivity index (χ2n) is 15.4. The Labute approximate surface area is 300 Å². The van der Waals surface area contributed by atoms with Crippen molar-refractivity contribution < 1.29 is 9.13 Å². The first-order chi connectivity index (χ1) is 23.8. The van der Waals surface area contributed by atoms with E-state index < -0.39 is 0 Å². The normalized spacial score (nSPS) is 11.6. The van der Waals surface area contributed by atoms with Crippen LogP contribution in [0.15, 0.2) is 37.4 Å². The van der Waals surface area contributed by atoms with E-state index in [4.69, 9.17) is 0 Å². The van der Waals surface area contributed by atoms with Crippen LogP contribution < -0.4 is 9.13 Å². The van der Waals surface area contributed by atoms with Crippen LogP contribution in [0.25, 0.3) is 0 Å². The van der Waals surface area contributed by atoms with Crippen LogP contribution >= 0.6 is 0 Å². The monoisotopic (exact) mass is 669 g/mol. The van der Waals surface area contributed by atoms with E-state index in [-0.39, 0.29) is 0 Å². The fourth-order valence-electron chi connectivity index (χ4n) is 7.33. The van der Waals surface area contributed by atoms with Crippen molar-refractivity contribution in [3.63, 3.8) is 0 Å². The topological polar surface area (TPSA) is 17.6 Å². The fraction of sp³-hybridized carbons (Fsp3) is 0.864. The Morgan fingerprint density at radius 2 is 0.562 bits per heavy atom. The number of nitrogens with zero attached hydrogens (tertiary/aromatic N) is 4. The molecule has 0 atom stereocenters. The number of imidazole rings is 2. The van der Waals surface area contributed by atoms with Crippen molar-refractivity contribution in [2.75, 3.05) is 0 Å². The summed E-state index contributed by atoms with van der Waals surface area (Å²) in [6.45, 7) is 9.37. The molecule has 2 aromatic heterocycles. The average molecular weight is 669 g/mol. The van der Waals surface area contributed by atoms with Gasteiger partial charge in [-0.25, -0.2) is 18.3 Å². The highest BCUT2D eigenvalue weighted by Gasteiger charge is 2.05. The number of aromatic nitrogens is 4. The highest BCUT2D eigenvalue weighted by atomic mass is 15.1. The zero-order valence-electron chi connectivity index (χ0n) is 32.7. The van der Waals surface area contributed by atoms with E-state index in [1.807, 2.05) is 0 Å². The minimum absolute atomic E-state index is 1.19. The minimum Gasteiger partial charge on any atom is -0.237 e. The summed E-state index contributed by atoms with van der Waals surface area (Å²) >= 11 is 0. The van der Waals surface area contributed by atoms with Gasteiger partial charge in [-0.05, 0) is 51.4 Å². The standard InChI is InChI=1S/C44H84N4/c1-3-5-7-9-11-19-23-27-31-35-45-39-41-47(43-45)37-33-29-25-21-17-15-13-14-16-18-22-26-30-34-38-48-42-40-46(44-48)36-32-28-24-20-12-10-8-6-4-2/h39-44H,3-38H2,1-2H3/q+2. The minimum atomic E-state index is 1.19. The van der Waals surface area contributed by atoms with E-state index in [9.17, 15) is 0 Å². The van der Waals surface area contributed by atoms with Gasteiger partial charge < -0.3 is 0 Å². The second kappa shape index (κ2) is 32.6. The van der Waals surface area contributed by atoms with Gasteiger partial charge in [-0.2, -0.15) is 0 Å². The van der Waals surface area contributed by atoms with Crippen molar-refractivity contribution in [2.24, 2.45) is 0 Å².